The summed E-state index contributed by atoms with van der Waals surface area (Å²) in [5.74, 6) is 0. The highest BCUT2D eigenvalue weighted by molar-refractivity contribution is 6.32. The molecule has 2 rings (SSSR count). The van der Waals surface area contributed by atoms with Gasteiger partial charge in [0.2, 0.25) is 0 Å². The van der Waals surface area contributed by atoms with E-state index in [1.54, 1.807) is 12.1 Å². The van der Waals surface area contributed by atoms with Gasteiger partial charge < -0.3 is 10.5 Å². The highest BCUT2D eigenvalue weighted by Crippen LogP contribution is 2.25. The molecule has 0 amide bonds. The number of ether oxygens (including phenoxy) is 1. The quantitative estimate of drug-likeness (QED) is 0.675. The maximum atomic E-state index is 10.7. The monoisotopic (exact) mass is 321 g/mol. The smallest absolute Gasteiger partial charge is 0.287 e. The Kier molecular flexibility index (Phi) is 6.64. The first-order valence-corrected chi connectivity index (χ1v) is 6.45. The van der Waals surface area contributed by atoms with Crippen molar-refractivity contribution in [2.24, 2.45) is 5.73 Å². The van der Waals surface area contributed by atoms with Gasteiger partial charge in [0.1, 0.15) is 5.02 Å². The van der Waals surface area contributed by atoms with Crippen LogP contribution in [-0.4, -0.2) is 42.2 Å². The lowest BCUT2D eigenvalue weighted by atomic mass is 10.1. The van der Waals surface area contributed by atoms with Crippen molar-refractivity contribution in [3.63, 3.8) is 0 Å². The van der Waals surface area contributed by atoms with E-state index in [1.165, 1.54) is 6.07 Å². The van der Waals surface area contributed by atoms with Gasteiger partial charge in [0, 0.05) is 32.2 Å². The van der Waals surface area contributed by atoms with E-state index in [0.717, 1.165) is 18.7 Å². The number of hydrogen-bond donors (Lipinski definition) is 1. The molecule has 0 spiro atoms. The van der Waals surface area contributed by atoms with Crippen LogP contribution in [0.4, 0.5) is 5.69 Å². The Morgan fingerprint density at radius 3 is 2.90 bits per heavy atom. The first-order valence-electron chi connectivity index (χ1n) is 6.07. The Labute approximate surface area is 128 Å². The summed E-state index contributed by atoms with van der Waals surface area (Å²) >= 11 is 5.89. The van der Waals surface area contributed by atoms with Crippen molar-refractivity contribution in [3.05, 3.63) is 38.9 Å². The molecule has 1 aromatic carbocycles. The van der Waals surface area contributed by atoms with E-state index in [-0.39, 0.29) is 29.2 Å². The number of nitrogens with zero attached hydrogens (tertiary/aromatic N) is 2. The summed E-state index contributed by atoms with van der Waals surface area (Å²) in [6, 6.07) is 4.82. The third kappa shape index (κ3) is 4.29. The predicted molar refractivity (Wildman–Crippen MR) is 79.4 cm³/mol. The Morgan fingerprint density at radius 2 is 2.30 bits per heavy atom. The molecule has 1 aromatic rings. The molecule has 1 aliphatic rings. The lowest BCUT2D eigenvalue weighted by Crippen LogP contribution is -2.45. The molecule has 0 radical (unpaired) electrons. The van der Waals surface area contributed by atoms with E-state index in [9.17, 15) is 10.1 Å². The normalized spacial score (nSPS) is 19.4. The van der Waals surface area contributed by atoms with Crippen LogP contribution in [0.5, 0.6) is 0 Å². The van der Waals surface area contributed by atoms with Gasteiger partial charge in [-0.15, -0.1) is 12.4 Å². The molecule has 2 N–H and O–H groups in total. The SMILES string of the molecule is Cl.NCC1CN(Cc2ccc([N+](=O)[O-])c(Cl)c2)CCO1. The molecule has 0 bridgehead atoms. The van der Waals surface area contributed by atoms with E-state index < -0.39 is 4.92 Å². The van der Waals surface area contributed by atoms with Crippen LogP contribution in [0.2, 0.25) is 5.02 Å². The summed E-state index contributed by atoms with van der Waals surface area (Å²) in [7, 11) is 0. The van der Waals surface area contributed by atoms with Crippen LogP contribution in [0.15, 0.2) is 18.2 Å². The summed E-state index contributed by atoms with van der Waals surface area (Å²) in [5.41, 5.74) is 6.48. The van der Waals surface area contributed by atoms with Crippen LogP contribution in [0, 0.1) is 10.1 Å². The van der Waals surface area contributed by atoms with Crippen molar-refractivity contribution in [2.75, 3.05) is 26.2 Å². The third-order valence-corrected chi connectivity index (χ3v) is 3.40. The minimum atomic E-state index is -0.481. The molecule has 1 saturated heterocycles. The number of nitrogens with two attached hydrogens (primary N) is 1. The van der Waals surface area contributed by atoms with Crippen LogP contribution < -0.4 is 5.73 Å². The highest BCUT2D eigenvalue weighted by Gasteiger charge is 2.20. The minimum absolute atomic E-state index is 0. The summed E-state index contributed by atoms with van der Waals surface area (Å²) < 4.78 is 5.49. The number of benzene rings is 1. The van der Waals surface area contributed by atoms with E-state index >= 15 is 0 Å². The second-order valence-electron chi connectivity index (χ2n) is 4.51. The van der Waals surface area contributed by atoms with E-state index in [4.69, 9.17) is 22.1 Å². The number of rotatable bonds is 4. The maximum Gasteiger partial charge on any atom is 0.287 e. The number of morpholine rings is 1. The summed E-state index contributed by atoms with van der Waals surface area (Å²) in [6.07, 6.45) is 0.0577. The molecule has 6 nitrogen and oxygen atoms in total. The highest BCUT2D eigenvalue weighted by atomic mass is 35.5. The molecule has 1 heterocycles. The average Bonchev–Trinajstić information content (AvgIpc) is 2.38. The van der Waals surface area contributed by atoms with Crippen molar-refractivity contribution in [1.82, 2.24) is 4.90 Å². The van der Waals surface area contributed by atoms with Gasteiger partial charge in [0.15, 0.2) is 0 Å². The van der Waals surface area contributed by atoms with Gasteiger partial charge in [-0.3, -0.25) is 15.0 Å². The first-order chi connectivity index (χ1) is 9.10. The molecule has 1 unspecified atom stereocenters. The number of nitro groups is 1. The molecule has 1 fully saturated rings. The fraction of sp³-hybridized carbons (Fsp3) is 0.500. The fourth-order valence-corrected chi connectivity index (χ4v) is 2.39. The van der Waals surface area contributed by atoms with Gasteiger partial charge in [0.05, 0.1) is 17.6 Å². The standard InChI is InChI=1S/C12H16ClN3O3.ClH/c13-11-5-9(1-2-12(11)16(17)18)7-15-3-4-19-10(6-14)8-15;/h1-2,5,10H,3-4,6-8,14H2;1H. The molecule has 1 aliphatic heterocycles. The van der Waals surface area contributed by atoms with Crippen molar-refractivity contribution in [1.29, 1.82) is 0 Å². The van der Waals surface area contributed by atoms with Gasteiger partial charge in [-0.1, -0.05) is 17.7 Å². The Bertz CT molecular complexity index is 473. The van der Waals surface area contributed by atoms with Crippen molar-refractivity contribution < 1.29 is 9.66 Å². The second kappa shape index (κ2) is 7.75. The van der Waals surface area contributed by atoms with Crippen molar-refractivity contribution in [3.8, 4) is 0 Å². The number of hydrogen-bond acceptors (Lipinski definition) is 5. The molecule has 20 heavy (non-hydrogen) atoms. The van der Waals surface area contributed by atoms with Crippen molar-refractivity contribution >= 4 is 29.7 Å². The number of nitro benzene ring substituents is 1. The summed E-state index contributed by atoms with van der Waals surface area (Å²) in [4.78, 5) is 12.4. The van der Waals surface area contributed by atoms with Crippen LogP contribution in [0.25, 0.3) is 0 Å². The molecule has 0 aromatic heterocycles. The Hall–Kier alpha value is -0.920. The topological polar surface area (TPSA) is 81.6 Å². The maximum absolute atomic E-state index is 10.7. The lowest BCUT2D eigenvalue weighted by molar-refractivity contribution is -0.384. The Morgan fingerprint density at radius 1 is 1.55 bits per heavy atom. The van der Waals surface area contributed by atoms with Gasteiger partial charge >= 0.3 is 0 Å². The molecule has 8 heteroatoms. The zero-order valence-electron chi connectivity index (χ0n) is 10.8. The average molecular weight is 322 g/mol. The first kappa shape index (κ1) is 17.1. The van der Waals surface area contributed by atoms with Crippen LogP contribution in [0.3, 0.4) is 0 Å². The molecule has 0 saturated carbocycles. The van der Waals surface area contributed by atoms with E-state index in [0.29, 0.717) is 19.7 Å². The number of halogens is 2. The summed E-state index contributed by atoms with van der Waals surface area (Å²) in [5, 5.41) is 10.9. The molecular weight excluding hydrogens is 305 g/mol. The van der Waals surface area contributed by atoms with E-state index in [2.05, 4.69) is 4.90 Å². The lowest BCUT2D eigenvalue weighted by Gasteiger charge is -2.32. The minimum Gasteiger partial charge on any atom is -0.374 e. The molecule has 0 aliphatic carbocycles. The third-order valence-electron chi connectivity index (χ3n) is 3.10. The zero-order valence-corrected chi connectivity index (χ0v) is 12.4. The predicted octanol–water partition coefficient (Wildman–Crippen LogP) is 1.83. The van der Waals surface area contributed by atoms with Crippen molar-refractivity contribution in [2.45, 2.75) is 12.6 Å². The van der Waals surface area contributed by atoms with Gasteiger partial charge in [-0.2, -0.15) is 0 Å². The van der Waals surface area contributed by atoms with Gasteiger partial charge in [-0.05, 0) is 11.6 Å². The van der Waals surface area contributed by atoms with E-state index in [1.807, 2.05) is 0 Å². The van der Waals surface area contributed by atoms with Crippen LogP contribution in [-0.2, 0) is 11.3 Å². The van der Waals surface area contributed by atoms with Crippen LogP contribution >= 0.6 is 24.0 Å². The Balaban J connectivity index is 0.00000200. The van der Waals surface area contributed by atoms with Crippen LogP contribution in [0.1, 0.15) is 5.56 Å². The molecular formula is C12H17Cl2N3O3. The molecule has 112 valence electrons. The van der Waals surface area contributed by atoms with Gasteiger partial charge in [-0.25, -0.2) is 0 Å². The molecule has 1 atom stereocenters. The largest absolute Gasteiger partial charge is 0.374 e. The zero-order chi connectivity index (χ0) is 13.8. The van der Waals surface area contributed by atoms with Gasteiger partial charge in [0.25, 0.3) is 5.69 Å². The fourth-order valence-electron chi connectivity index (χ4n) is 2.12. The second-order valence-corrected chi connectivity index (χ2v) is 4.91. The summed E-state index contributed by atoms with van der Waals surface area (Å²) in [6.45, 7) is 3.44.